The predicted molar refractivity (Wildman–Crippen MR) is 69.8 cm³/mol. The Morgan fingerprint density at radius 2 is 1.75 bits per heavy atom. The zero-order valence-electron chi connectivity index (χ0n) is 10.9. The van der Waals surface area contributed by atoms with Gasteiger partial charge in [0, 0.05) is 19.3 Å². The van der Waals surface area contributed by atoms with Gasteiger partial charge in [-0.25, -0.2) is 4.79 Å². The largest absolute Gasteiger partial charge is 0.328 e. The summed E-state index contributed by atoms with van der Waals surface area (Å²) in [5.41, 5.74) is 2.02. The number of urea groups is 1. The van der Waals surface area contributed by atoms with Crippen molar-refractivity contribution in [1.29, 1.82) is 0 Å². The van der Waals surface area contributed by atoms with E-state index in [9.17, 15) is 4.79 Å². The minimum Gasteiger partial charge on any atom is -0.328 e. The van der Waals surface area contributed by atoms with Crippen molar-refractivity contribution in [3.8, 4) is 0 Å². The molecule has 0 spiro atoms. The van der Waals surface area contributed by atoms with Crippen molar-refractivity contribution in [2.75, 3.05) is 18.9 Å². The molecule has 3 nitrogen and oxygen atoms in total. The van der Waals surface area contributed by atoms with Crippen molar-refractivity contribution < 1.29 is 4.79 Å². The smallest absolute Gasteiger partial charge is 0.321 e. The SMILES string of the molecule is CC.CCN(C)C(=O)Nc1ccc(C)cc1. The molecule has 2 amide bonds. The highest BCUT2D eigenvalue weighted by molar-refractivity contribution is 5.89. The molecule has 0 aromatic heterocycles. The highest BCUT2D eigenvalue weighted by atomic mass is 16.2. The molecule has 1 aromatic rings. The number of hydrogen-bond acceptors (Lipinski definition) is 1. The van der Waals surface area contributed by atoms with Crippen LogP contribution in [0.3, 0.4) is 0 Å². The lowest BCUT2D eigenvalue weighted by Gasteiger charge is -2.15. The van der Waals surface area contributed by atoms with E-state index in [0.717, 1.165) is 5.69 Å². The van der Waals surface area contributed by atoms with Crippen LogP contribution in [0, 0.1) is 6.92 Å². The number of hydrogen-bond donors (Lipinski definition) is 1. The van der Waals surface area contributed by atoms with Gasteiger partial charge in [0.2, 0.25) is 0 Å². The monoisotopic (exact) mass is 222 g/mol. The summed E-state index contributed by atoms with van der Waals surface area (Å²) < 4.78 is 0. The van der Waals surface area contributed by atoms with Crippen LogP contribution in [0.15, 0.2) is 24.3 Å². The van der Waals surface area contributed by atoms with E-state index >= 15 is 0 Å². The zero-order valence-corrected chi connectivity index (χ0v) is 10.9. The summed E-state index contributed by atoms with van der Waals surface area (Å²) >= 11 is 0. The number of rotatable bonds is 2. The van der Waals surface area contributed by atoms with E-state index in [-0.39, 0.29) is 6.03 Å². The molecule has 1 N–H and O–H groups in total. The fourth-order valence-electron chi connectivity index (χ4n) is 0.999. The van der Waals surface area contributed by atoms with Gasteiger partial charge in [0.1, 0.15) is 0 Å². The summed E-state index contributed by atoms with van der Waals surface area (Å²) in [6, 6.07) is 7.67. The molecule has 0 saturated heterocycles. The van der Waals surface area contributed by atoms with Crippen LogP contribution in [-0.2, 0) is 0 Å². The zero-order chi connectivity index (χ0) is 12.6. The number of nitrogens with zero attached hydrogens (tertiary/aromatic N) is 1. The molecule has 0 heterocycles. The first kappa shape index (κ1) is 14.5. The van der Waals surface area contributed by atoms with Gasteiger partial charge < -0.3 is 10.2 Å². The van der Waals surface area contributed by atoms with Crippen LogP contribution in [0.4, 0.5) is 10.5 Å². The van der Waals surface area contributed by atoms with Crippen LogP contribution in [0.2, 0.25) is 0 Å². The van der Waals surface area contributed by atoms with Gasteiger partial charge in [-0.3, -0.25) is 0 Å². The number of aryl methyl sites for hydroxylation is 1. The molecular weight excluding hydrogens is 200 g/mol. The number of benzene rings is 1. The quantitative estimate of drug-likeness (QED) is 0.816. The Kier molecular flexibility index (Phi) is 7.01. The van der Waals surface area contributed by atoms with Crippen LogP contribution in [0.25, 0.3) is 0 Å². The van der Waals surface area contributed by atoms with Crippen molar-refractivity contribution >= 4 is 11.7 Å². The molecule has 0 aliphatic carbocycles. The maximum atomic E-state index is 11.4. The lowest BCUT2D eigenvalue weighted by Crippen LogP contribution is -2.30. The summed E-state index contributed by atoms with van der Waals surface area (Å²) in [7, 11) is 1.77. The predicted octanol–water partition coefficient (Wildman–Crippen LogP) is 3.50. The topological polar surface area (TPSA) is 32.3 Å². The lowest BCUT2D eigenvalue weighted by molar-refractivity contribution is 0.224. The number of carbonyl (C=O) groups excluding carboxylic acids is 1. The standard InChI is InChI=1S/C11H16N2O.C2H6/c1-4-13(3)11(14)12-10-7-5-9(2)6-8-10;1-2/h5-8H,4H2,1-3H3,(H,12,14);1-2H3. The van der Waals surface area contributed by atoms with E-state index in [1.807, 2.05) is 52.0 Å². The van der Waals surface area contributed by atoms with E-state index in [1.54, 1.807) is 11.9 Å². The molecule has 90 valence electrons. The van der Waals surface area contributed by atoms with Crippen molar-refractivity contribution in [3.63, 3.8) is 0 Å². The van der Waals surface area contributed by atoms with Gasteiger partial charge in [0.15, 0.2) is 0 Å². The third-order valence-corrected chi connectivity index (χ3v) is 2.12. The fraction of sp³-hybridized carbons (Fsp3) is 0.462. The summed E-state index contributed by atoms with van der Waals surface area (Å²) in [4.78, 5) is 13.1. The molecule has 3 heteroatoms. The van der Waals surface area contributed by atoms with Crippen molar-refractivity contribution in [2.24, 2.45) is 0 Å². The third-order valence-electron chi connectivity index (χ3n) is 2.12. The maximum absolute atomic E-state index is 11.4. The van der Waals surface area contributed by atoms with Crippen LogP contribution in [-0.4, -0.2) is 24.5 Å². The molecule has 16 heavy (non-hydrogen) atoms. The lowest BCUT2D eigenvalue weighted by atomic mass is 10.2. The third kappa shape index (κ3) is 4.82. The Hall–Kier alpha value is -1.51. The summed E-state index contributed by atoms with van der Waals surface area (Å²) in [6.45, 7) is 8.66. The molecular formula is C13H22N2O. The molecule has 0 aliphatic rings. The minimum atomic E-state index is -0.0728. The summed E-state index contributed by atoms with van der Waals surface area (Å²) in [5, 5.41) is 2.81. The van der Waals surface area contributed by atoms with Gasteiger partial charge >= 0.3 is 6.03 Å². The van der Waals surface area contributed by atoms with Crippen LogP contribution in [0.5, 0.6) is 0 Å². The Balaban J connectivity index is 0.00000106. The van der Waals surface area contributed by atoms with Crippen LogP contribution < -0.4 is 5.32 Å². The highest BCUT2D eigenvalue weighted by Crippen LogP contribution is 2.08. The Morgan fingerprint density at radius 3 is 2.19 bits per heavy atom. The number of nitrogens with one attached hydrogen (secondary N) is 1. The van der Waals surface area contributed by atoms with Crippen molar-refractivity contribution in [2.45, 2.75) is 27.7 Å². The highest BCUT2D eigenvalue weighted by Gasteiger charge is 2.05. The van der Waals surface area contributed by atoms with Gasteiger partial charge in [0.05, 0.1) is 0 Å². The fourth-order valence-corrected chi connectivity index (χ4v) is 0.999. The molecule has 0 saturated carbocycles. The van der Waals surface area contributed by atoms with Gasteiger partial charge in [-0.05, 0) is 26.0 Å². The van der Waals surface area contributed by atoms with Gasteiger partial charge in [-0.15, -0.1) is 0 Å². The van der Waals surface area contributed by atoms with E-state index < -0.39 is 0 Å². The first-order chi connectivity index (χ1) is 7.63. The van der Waals surface area contributed by atoms with E-state index in [2.05, 4.69) is 5.32 Å². The summed E-state index contributed by atoms with van der Waals surface area (Å²) in [5.74, 6) is 0. The van der Waals surface area contributed by atoms with E-state index in [0.29, 0.717) is 6.54 Å². The molecule has 0 atom stereocenters. The van der Waals surface area contributed by atoms with Gasteiger partial charge in [0.25, 0.3) is 0 Å². The second-order valence-electron chi connectivity index (χ2n) is 3.31. The van der Waals surface area contributed by atoms with Gasteiger partial charge in [-0.2, -0.15) is 0 Å². The first-order valence-corrected chi connectivity index (χ1v) is 5.72. The maximum Gasteiger partial charge on any atom is 0.321 e. The molecule has 1 aromatic carbocycles. The second kappa shape index (κ2) is 7.74. The number of carbonyl (C=O) groups is 1. The van der Waals surface area contributed by atoms with Crippen molar-refractivity contribution in [3.05, 3.63) is 29.8 Å². The van der Waals surface area contributed by atoms with Crippen LogP contribution in [0.1, 0.15) is 26.3 Å². The molecule has 0 bridgehead atoms. The normalized spacial score (nSPS) is 8.81. The number of anilines is 1. The first-order valence-electron chi connectivity index (χ1n) is 5.72. The Bertz CT molecular complexity index is 306. The molecule has 0 radical (unpaired) electrons. The summed E-state index contributed by atoms with van der Waals surface area (Å²) in [6.07, 6.45) is 0. The average molecular weight is 222 g/mol. The molecule has 0 fully saturated rings. The Labute approximate surface area is 98.5 Å². The van der Waals surface area contributed by atoms with Crippen LogP contribution >= 0.6 is 0 Å². The molecule has 0 aliphatic heterocycles. The van der Waals surface area contributed by atoms with Gasteiger partial charge in [-0.1, -0.05) is 31.5 Å². The average Bonchev–Trinajstić information content (AvgIpc) is 2.33. The number of amides is 2. The molecule has 1 rings (SSSR count). The minimum absolute atomic E-state index is 0.0728. The van der Waals surface area contributed by atoms with Crippen molar-refractivity contribution in [1.82, 2.24) is 4.90 Å². The van der Waals surface area contributed by atoms with E-state index in [1.165, 1.54) is 5.56 Å². The van der Waals surface area contributed by atoms with E-state index in [4.69, 9.17) is 0 Å². The second-order valence-corrected chi connectivity index (χ2v) is 3.31. The molecule has 0 unspecified atom stereocenters. The Morgan fingerprint density at radius 1 is 1.25 bits per heavy atom.